The number of thiazole rings is 1. The van der Waals surface area contributed by atoms with Crippen LogP contribution in [0.1, 0.15) is 16.6 Å². The number of nitrogens with one attached hydrogen (secondary N) is 2. The molecule has 0 aliphatic carbocycles. The lowest BCUT2D eigenvalue weighted by atomic mass is 10.3. The van der Waals surface area contributed by atoms with E-state index in [1.54, 1.807) is 20.2 Å². The number of hydrogen-bond donors (Lipinski definition) is 1. The first-order chi connectivity index (χ1) is 8.19. The molecule has 0 aliphatic heterocycles. The highest BCUT2D eigenvalue weighted by molar-refractivity contribution is 7.17. The van der Waals surface area contributed by atoms with E-state index in [0.717, 1.165) is 16.6 Å². The van der Waals surface area contributed by atoms with Crippen LogP contribution in [0.3, 0.4) is 0 Å². The summed E-state index contributed by atoms with van der Waals surface area (Å²) < 4.78 is 5.08. The third-order valence-corrected chi connectivity index (χ3v) is 3.29. The molecule has 18 heavy (non-hydrogen) atoms. The minimum Gasteiger partial charge on any atom is -1.00 e. The number of aromatic nitrogens is 1. The SMILES string of the molecule is COc1ccc(Nc2[nH+]cc(C(C)=O)s2)cc1.[Br-]. The van der Waals surface area contributed by atoms with E-state index in [0.29, 0.717) is 4.88 Å². The summed E-state index contributed by atoms with van der Waals surface area (Å²) in [6, 6.07) is 7.59. The van der Waals surface area contributed by atoms with Gasteiger partial charge in [0.05, 0.1) is 7.11 Å². The summed E-state index contributed by atoms with van der Waals surface area (Å²) in [4.78, 5) is 14.9. The number of carbonyl (C=O) groups excluding carboxylic acids is 1. The number of ether oxygens (including phenoxy) is 1. The number of ketones is 1. The predicted molar refractivity (Wildman–Crippen MR) is 67.2 cm³/mol. The van der Waals surface area contributed by atoms with Crippen LogP contribution in [-0.2, 0) is 0 Å². The van der Waals surface area contributed by atoms with Crippen molar-refractivity contribution < 1.29 is 31.5 Å². The van der Waals surface area contributed by atoms with Crippen LogP contribution in [0.5, 0.6) is 5.75 Å². The molecule has 1 heterocycles. The van der Waals surface area contributed by atoms with Crippen molar-refractivity contribution >= 4 is 27.9 Å². The molecule has 0 aliphatic rings. The van der Waals surface area contributed by atoms with Crippen LogP contribution in [0.2, 0.25) is 0 Å². The summed E-state index contributed by atoms with van der Waals surface area (Å²) >= 11 is 1.40. The number of Topliss-reactive ketones (excluding diaryl/α,β-unsaturated/α-hetero) is 1. The number of rotatable bonds is 4. The minimum atomic E-state index is 0. The average Bonchev–Trinajstić information content (AvgIpc) is 2.79. The first-order valence-electron chi connectivity index (χ1n) is 5.12. The number of halogens is 1. The lowest BCUT2D eigenvalue weighted by Crippen LogP contribution is -3.00. The molecule has 0 bridgehead atoms. The molecular formula is C12H13BrN2O2S. The van der Waals surface area contributed by atoms with Gasteiger partial charge in [0.15, 0.2) is 5.78 Å². The Hall–Kier alpha value is -1.40. The van der Waals surface area contributed by atoms with Crippen LogP contribution in [0.4, 0.5) is 10.8 Å². The molecule has 0 saturated carbocycles. The van der Waals surface area contributed by atoms with Gasteiger partial charge in [-0.15, -0.1) is 0 Å². The van der Waals surface area contributed by atoms with E-state index >= 15 is 0 Å². The van der Waals surface area contributed by atoms with Crippen LogP contribution < -0.4 is 32.0 Å². The van der Waals surface area contributed by atoms with Crippen LogP contribution >= 0.6 is 11.3 Å². The molecule has 0 atom stereocenters. The average molecular weight is 329 g/mol. The van der Waals surface area contributed by atoms with Gasteiger partial charge in [0.25, 0.3) is 0 Å². The van der Waals surface area contributed by atoms with Gasteiger partial charge in [-0.05, 0) is 35.6 Å². The Morgan fingerprint density at radius 1 is 1.33 bits per heavy atom. The normalized spacial score (nSPS) is 9.44. The molecule has 96 valence electrons. The van der Waals surface area contributed by atoms with Gasteiger partial charge in [-0.2, -0.15) is 0 Å². The predicted octanol–water partition coefficient (Wildman–Crippen LogP) is -0.479. The monoisotopic (exact) mass is 328 g/mol. The molecule has 2 rings (SSSR count). The Balaban J connectivity index is 0.00000162. The van der Waals surface area contributed by atoms with E-state index in [1.165, 1.54) is 11.3 Å². The van der Waals surface area contributed by atoms with E-state index < -0.39 is 0 Å². The largest absolute Gasteiger partial charge is 1.00 e. The Bertz CT molecular complexity index is 525. The fourth-order valence-corrected chi connectivity index (χ4v) is 2.11. The maximum Gasteiger partial charge on any atom is 0.337 e. The first kappa shape index (κ1) is 14.7. The van der Waals surface area contributed by atoms with E-state index in [1.807, 2.05) is 24.3 Å². The zero-order chi connectivity index (χ0) is 12.3. The van der Waals surface area contributed by atoms with Crippen LogP contribution in [-0.4, -0.2) is 12.9 Å². The fraction of sp³-hybridized carbons (Fsp3) is 0.167. The lowest BCUT2D eigenvalue weighted by molar-refractivity contribution is -0.354. The fourth-order valence-electron chi connectivity index (χ4n) is 1.34. The van der Waals surface area contributed by atoms with E-state index in [9.17, 15) is 4.79 Å². The van der Waals surface area contributed by atoms with Crippen molar-refractivity contribution in [3.05, 3.63) is 35.3 Å². The summed E-state index contributed by atoms with van der Waals surface area (Å²) in [5.41, 5.74) is 0.944. The molecule has 2 N–H and O–H groups in total. The van der Waals surface area contributed by atoms with Crippen LogP contribution in [0.25, 0.3) is 0 Å². The number of hydrogen-bond acceptors (Lipinski definition) is 4. The highest BCUT2D eigenvalue weighted by Crippen LogP contribution is 2.21. The van der Waals surface area contributed by atoms with E-state index in [4.69, 9.17) is 4.74 Å². The van der Waals surface area contributed by atoms with Crippen molar-refractivity contribution in [3.63, 3.8) is 0 Å². The second kappa shape index (κ2) is 6.51. The Morgan fingerprint density at radius 2 is 2.00 bits per heavy atom. The third kappa shape index (κ3) is 3.54. The number of methoxy groups -OCH3 is 1. The molecule has 0 saturated heterocycles. The van der Waals surface area contributed by atoms with Gasteiger partial charge in [-0.1, -0.05) is 0 Å². The zero-order valence-corrected chi connectivity index (χ0v) is 12.4. The maximum atomic E-state index is 11.1. The topological polar surface area (TPSA) is 52.5 Å². The van der Waals surface area contributed by atoms with Crippen LogP contribution in [0.15, 0.2) is 30.5 Å². The molecule has 0 unspecified atom stereocenters. The van der Waals surface area contributed by atoms with Crippen molar-refractivity contribution in [1.29, 1.82) is 0 Å². The Labute approximate surface area is 120 Å². The number of H-pyrrole nitrogens is 1. The molecule has 4 nitrogen and oxygen atoms in total. The van der Waals surface area contributed by atoms with Crippen molar-refractivity contribution in [1.82, 2.24) is 0 Å². The van der Waals surface area contributed by atoms with Crippen molar-refractivity contribution in [3.8, 4) is 5.75 Å². The number of benzene rings is 1. The smallest absolute Gasteiger partial charge is 0.337 e. The Kier molecular flexibility index (Phi) is 5.30. The summed E-state index contributed by atoms with van der Waals surface area (Å²) in [6.07, 6.45) is 1.71. The molecule has 0 amide bonds. The van der Waals surface area contributed by atoms with E-state index in [2.05, 4.69) is 10.3 Å². The van der Waals surface area contributed by atoms with Crippen molar-refractivity contribution in [2.45, 2.75) is 6.92 Å². The summed E-state index contributed by atoms with van der Waals surface area (Å²) in [5, 5.41) is 4.02. The van der Waals surface area contributed by atoms with Gasteiger partial charge < -0.3 is 21.7 Å². The number of carbonyl (C=O) groups is 1. The minimum absolute atomic E-state index is 0. The second-order valence-electron chi connectivity index (χ2n) is 3.49. The molecule has 6 heteroatoms. The van der Waals surface area contributed by atoms with Crippen molar-refractivity contribution in [2.75, 3.05) is 12.4 Å². The van der Waals surface area contributed by atoms with Gasteiger partial charge in [-0.25, -0.2) is 10.3 Å². The van der Waals surface area contributed by atoms with Gasteiger partial charge in [0.1, 0.15) is 22.5 Å². The molecule has 1 aromatic heterocycles. The first-order valence-corrected chi connectivity index (χ1v) is 5.94. The highest BCUT2D eigenvalue weighted by Gasteiger charge is 2.11. The third-order valence-electron chi connectivity index (χ3n) is 2.24. The summed E-state index contributed by atoms with van der Waals surface area (Å²) in [5.74, 6) is 0.879. The quantitative estimate of drug-likeness (QED) is 0.771. The molecule has 0 radical (unpaired) electrons. The standard InChI is InChI=1S/C12H12N2O2S.BrH/c1-8(15)11-7-13-12(17-11)14-9-3-5-10(16-2)6-4-9;/h3-7H,1-2H3,(H,13,14);1H. The number of anilines is 2. The van der Waals surface area contributed by atoms with E-state index in [-0.39, 0.29) is 22.8 Å². The zero-order valence-electron chi connectivity index (χ0n) is 9.99. The summed E-state index contributed by atoms with van der Waals surface area (Å²) in [7, 11) is 1.63. The molecule has 2 aromatic rings. The van der Waals surface area contributed by atoms with Gasteiger partial charge in [0, 0.05) is 6.92 Å². The van der Waals surface area contributed by atoms with Gasteiger partial charge in [0.2, 0.25) is 0 Å². The molecule has 1 aromatic carbocycles. The molecule has 0 spiro atoms. The second-order valence-corrected chi connectivity index (χ2v) is 4.55. The maximum absolute atomic E-state index is 11.1. The molecule has 0 fully saturated rings. The Morgan fingerprint density at radius 3 is 2.50 bits per heavy atom. The summed E-state index contributed by atoms with van der Waals surface area (Å²) in [6.45, 7) is 1.55. The number of aromatic amines is 1. The van der Waals surface area contributed by atoms with Crippen LogP contribution in [0, 0.1) is 0 Å². The molecular weight excluding hydrogens is 316 g/mol. The lowest BCUT2D eigenvalue weighted by Gasteiger charge is -1.99. The van der Waals surface area contributed by atoms with Gasteiger partial charge in [-0.3, -0.25) is 4.79 Å². The highest BCUT2D eigenvalue weighted by atomic mass is 79.9. The van der Waals surface area contributed by atoms with Crippen molar-refractivity contribution in [2.24, 2.45) is 0 Å². The van der Waals surface area contributed by atoms with Gasteiger partial charge >= 0.3 is 5.13 Å².